The number of carbonyl (C=O) groups excluding carboxylic acids is 2. The Labute approximate surface area is 242 Å². The van der Waals surface area contributed by atoms with Gasteiger partial charge >= 0.3 is 0 Å². The minimum atomic E-state index is -0.654. The number of amides is 1. The molecule has 2 fully saturated rings. The van der Waals surface area contributed by atoms with Gasteiger partial charge in [-0.3, -0.25) is 14.5 Å². The van der Waals surface area contributed by atoms with Crippen molar-refractivity contribution in [1.29, 1.82) is 0 Å². The van der Waals surface area contributed by atoms with Gasteiger partial charge in [0, 0.05) is 31.7 Å². The number of Topliss-reactive ketones (excluding diaryl/α,β-unsaturated/α-hetero) is 1. The van der Waals surface area contributed by atoms with E-state index in [9.17, 15) is 14.7 Å². The number of carbonyl (C=O) groups is 2. The molecule has 2 aliphatic rings. The van der Waals surface area contributed by atoms with Crippen molar-refractivity contribution in [3.05, 3.63) is 106 Å². The van der Waals surface area contributed by atoms with Gasteiger partial charge in [0.2, 0.25) is 0 Å². The fourth-order valence-electron chi connectivity index (χ4n) is 5.56. The number of ketones is 1. The van der Waals surface area contributed by atoms with E-state index >= 15 is 0 Å². The maximum atomic E-state index is 13.5. The van der Waals surface area contributed by atoms with Crippen molar-refractivity contribution < 1.29 is 24.2 Å². The number of nitrogens with zero attached hydrogens (tertiary/aromatic N) is 2. The summed E-state index contributed by atoms with van der Waals surface area (Å²) in [5.41, 5.74) is 4.44. The number of morpholine rings is 1. The Morgan fingerprint density at radius 1 is 0.951 bits per heavy atom. The first kappa shape index (κ1) is 28.6. The van der Waals surface area contributed by atoms with Gasteiger partial charge in [-0.05, 0) is 60.2 Å². The highest BCUT2D eigenvalue weighted by Crippen LogP contribution is 2.40. The molecule has 1 atom stereocenters. The summed E-state index contributed by atoms with van der Waals surface area (Å²) in [7, 11) is 0. The summed E-state index contributed by atoms with van der Waals surface area (Å²) < 4.78 is 11.4. The number of ether oxygens (including phenoxy) is 2. The second-order valence-electron chi connectivity index (χ2n) is 10.6. The van der Waals surface area contributed by atoms with Crippen LogP contribution in [0.1, 0.15) is 47.2 Å². The van der Waals surface area contributed by atoms with Gasteiger partial charge in [0.05, 0.1) is 24.8 Å². The molecule has 0 saturated carbocycles. The van der Waals surface area contributed by atoms with Crippen molar-refractivity contribution in [3.63, 3.8) is 0 Å². The smallest absolute Gasteiger partial charge is 0.295 e. The summed E-state index contributed by atoms with van der Waals surface area (Å²) in [5.74, 6) is -0.713. The van der Waals surface area contributed by atoms with Crippen molar-refractivity contribution >= 4 is 17.4 Å². The fraction of sp³-hybridized carbons (Fsp3) is 0.353. The summed E-state index contributed by atoms with van der Waals surface area (Å²) in [6.07, 6.45) is 1.61. The van der Waals surface area contributed by atoms with Crippen LogP contribution in [0.5, 0.6) is 5.75 Å². The van der Waals surface area contributed by atoms with E-state index in [1.165, 1.54) is 5.56 Å². The Morgan fingerprint density at radius 3 is 2.37 bits per heavy atom. The molecule has 7 heteroatoms. The molecule has 0 aliphatic carbocycles. The van der Waals surface area contributed by atoms with Crippen LogP contribution >= 0.6 is 0 Å². The summed E-state index contributed by atoms with van der Waals surface area (Å²) in [6, 6.07) is 22.6. The largest absolute Gasteiger partial charge is 0.507 e. The maximum Gasteiger partial charge on any atom is 0.295 e. The summed E-state index contributed by atoms with van der Waals surface area (Å²) in [6.45, 7) is 8.77. The molecule has 7 nitrogen and oxygen atoms in total. The topological polar surface area (TPSA) is 79.3 Å². The molecule has 3 aromatic carbocycles. The average molecular weight is 555 g/mol. The van der Waals surface area contributed by atoms with Gasteiger partial charge in [-0.1, -0.05) is 61.5 Å². The Balaban J connectivity index is 1.43. The zero-order valence-corrected chi connectivity index (χ0v) is 23.8. The van der Waals surface area contributed by atoms with Crippen LogP contribution in [-0.2, 0) is 27.4 Å². The van der Waals surface area contributed by atoms with Crippen LogP contribution < -0.4 is 4.74 Å². The first-order valence-corrected chi connectivity index (χ1v) is 14.4. The first-order chi connectivity index (χ1) is 20.0. The lowest BCUT2D eigenvalue weighted by atomic mass is 9.93. The molecule has 41 heavy (non-hydrogen) atoms. The average Bonchev–Trinajstić information content (AvgIpc) is 3.26. The number of rotatable bonds is 10. The molecule has 0 aromatic heterocycles. The summed E-state index contributed by atoms with van der Waals surface area (Å²) in [5, 5.41) is 11.6. The van der Waals surface area contributed by atoms with Gasteiger partial charge < -0.3 is 19.5 Å². The van der Waals surface area contributed by atoms with Gasteiger partial charge in [0.15, 0.2) is 0 Å². The van der Waals surface area contributed by atoms with Crippen LogP contribution in [0.2, 0.25) is 0 Å². The van der Waals surface area contributed by atoms with Gasteiger partial charge in [-0.25, -0.2) is 0 Å². The quantitative estimate of drug-likeness (QED) is 0.209. The lowest BCUT2D eigenvalue weighted by Gasteiger charge is -2.29. The van der Waals surface area contributed by atoms with E-state index in [1.807, 2.05) is 67.6 Å². The van der Waals surface area contributed by atoms with Crippen LogP contribution in [0.25, 0.3) is 5.76 Å². The highest BCUT2D eigenvalue weighted by molar-refractivity contribution is 6.46. The molecule has 2 aliphatic heterocycles. The lowest BCUT2D eigenvalue weighted by molar-refractivity contribution is -0.140. The minimum Gasteiger partial charge on any atom is -0.507 e. The Hall–Kier alpha value is -3.94. The van der Waals surface area contributed by atoms with Gasteiger partial charge in [-0.2, -0.15) is 0 Å². The van der Waals surface area contributed by atoms with Crippen molar-refractivity contribution in [2.75, 3.05) is 39.4 Å². The van der Waals surface area contributed by atoms with Crippen molar-refractivity contribution in [2.45, 2.75) is 39.3 Å². The third kappa shape index (κ3) is 6.53. The van der Waals surface area contributed by atoms with Gasteiger partial charge in [0.1, 0.15) is 18.1 Å². The Kier molecular flexibility index (Phi) is 9.17. The van der Waals surface area contributed by atoms with Gasteiger partial charge in [0.25, 0.3) is 11.7 Å². The molecule has 5 rings (SSSR count). The van der Waals surface area contributed by atoms with Crippen LogP contribution in [-0.4, -0.2) is 66.0 Å². The van der Waals surface area contributed by atoms with Crippen molar-refractivity contribution in [2.24, 2.45) is 0 Å². The van der Waals surface area contributed by atoms with Crippen LogP contribution in [0, 0.1) is 6.92 Å². The molecule has 0 spiro atoms. The highest BCUT2D eigenvalue weighted by Gasteiger charge is 2.46. The predicted octanol–water partition coefficient (Wildman–Crippen LogP) is 5.28. The summed E-state index contributed by atoms with van der Waals surface area (Å²) in [4.78, 5) is 30.8. The molecule has 1 N–H and O–H groups in total. The van der Waals surface area contributed by atoms with E-state index in [4.69, 9.17) is 9.47 Å². The monoisotopic (exact) mass is 554 g/mol. The number of benzene rings is 3. The van der Waals surface area contributed by atoms with E-state index in [2.05, 4.69) is 11.8 Å². The van der Waals surface area contributed by atoms with E-state index < -0.39 is 17.7 Å². The maximum absolute atomic E-state index is 13.5. The van der Waals surface area contributed by atoms with Crippen molar-refractivity contribution in [1.82, 2.24) is 9.80 Å². The molecule has 214 valence electrons. The summed E-state index contributed by atoms with van der Waals surface area (Å²) >= 11 is 0. The standard InChI is InChI=1S/C34H38N2O5/c1-3-25-10-12-27(13-11-25)31-30(33(38)34(39)36(31)17-7-16-35-18-20-40-21-19-35)32(37)29-15-14-28(22-24(29)2)41-23-26-8-5-4-6-9-26/h4-6,8-15,22,31,37H,3,7,16-21,23H2,1-2H3/t31-/m0/s1. The van der Waals surface area contributed by atoms with E-state index in [-0.39, 0.29) is 11.3 Å². The molecular weight excluding hydrogens is 516 g/mol. The predicted molar refractivity (Wildman–Crippen MR) is 159 cm³/mol. The normalized spacial score (nSPS) is 19.1. The Bertz CT molecular complexity index is 1390. The Morgan fingerprint density at radius 2 is 1.68 bits per heavy atom. The number of likely N-dealkylation sites (tertiary alicyclic amines) is 1. The minimum absolute atomic E-state index is 0.131. The van der Waals surface area contributed by atoms with Crippen LogP contribution in [0.4, 0.5) is 0 Å². The molecule has 1 amide bonds. The SMILES string of the molecule is CCc1ccc([C@H]2C(=C(O)c3ccc(OCc4ccccc4)cc3C)C(=O)C(=O)N2CCCN2CCOCC2)cc1. The molecule has 2 saturated heterocycles. The third-order valence-corrected chi connectivity index (χ3v) is 7.92. The van der Waals surface area contributed by atoms with Crippen LogP contribution in [0.15, 0.2) is 78.4 Å². The van der Waals surface area contributed by atoms with E-state index in [0.717, 1.165) is 49.2 Å². The second-order valence-corrected chi connectivity index (χ2v) is 10.6. The molecule has 3 aromatic rings. The van der Waals surface area contributed by atoms with E-state index in [1.54, 1.807) is 17.0 Å². The lowest BCUT2D eigenvalue weighted by Crippen LogP contribution is -2.38. The molecular formula is C34H38N2O5. The number of hydrogen-bond acceptors (Lipinski definition) is 6. The van der Waals surface area contributed by atoms with Gasteiger partial charge in [-0.15, -0.1) is 0 Å². The van der Waals surface area contributed by atoms with Crippen LogP contribution in [0.3, 0.4) is 0 Å². The fourth-order valence-corrected chi connectivity index (χ4v) is 5.56. The number of aryl methyl sites for hydroxylation is 2. The second kappa shape index (κ2) is 13.1. The molecule has 0 unspecified atom stereocenters. The molecule has 2 heterocycles. The zero-order chi connectivity index (χ0) is 28.8. The van der Waals surface area contributed by atoms with Crippen molar-refractivity contribution in [3.8, 4) is 5.75 Å². The first-order valence-electron chi connectivity index (χ1n) is 14.4. The highest BCUT2D eigenvalue weighted by atomic mass is 16.5. The zero-order valence-electron chi connectivity index (χ0n) is 23.8. The number of hydrogen-bond donors (Lipinski definition) is 1. The number of aliphatic hydroxyl groups excluding tert-OH is 1. The third-order valence-electron chi connectivity index (χ3n) is 7.92. The molecule has 0 radical (unpaired) electrons. The van der Waals surface area contributed by atoms with E-state index in [0.29, 0.717) is 37.7 Å². The number of aliphatic hydroxyl groups is 1. The molecule has 0 bridgehead atoms.